The van der Waals surface area contributed by atoms with Crippen molar-refractivity contribution in [2.45, 2.75) is 26.3 Å². The highest BCUT2D eigenvalue weighted by atomic mass is 35.5. The molecule has 0 spiro atoms. The van der Waals surface area contributed by atoms with Crippen LogP contribution in [0.3, 0.4) is 0 Å². The Kier molecular flexibility index (Phi) is 7.27. The lowest BCUT2D eigenvalue weighted by molar-refractivity contribution is -0.127. The molecule has 2 amide bonds. The Labute approximate surface area is 134 Å². The molecule has 0 aromatic heterocycles. The van der Waals surface area contributed by atoms with E-state index in [0.29, 0.717) is 18.0 Å². The number of nitrogens with two attached hydrogens (primary N) is 1. The summed E-state index contributed by atoms with van der Waals surface area (Å²) in [5.74, 6) is -1.07. The summed E-state index contributed by atoms with van der Waals surface area (Å²) in [6, 6.07) is 3.49. The predicted octanol–water partition coefficient (Wildman–Crippen LogP) is 1.24. The van der Waals surface area contributed by atoms with E-state index in [0.717, 1.165) is 5.56 Å². The van der Waals surface area contributed by atoms with E-state index < -0.39 is 11.9 Å². The Balaban J connectivity index is 2.30. The first kappa shape index (κ1) is 18.4. The molecular weight excluding hydrogens is 309 g/mol. The molecule has 5 nitrogen and oxygen atoms in total. The lowest BCUT2D eigenvalue weighted by atomic mass is 10.1. The van der Waals surface area contributed by atoms with Gasteiger partial charge in [0.25, 0.3) is 0 Å². The number of hydrogen-bond donors (Lipinski definition) is 3. The molecule has 7 heteroatoms. The fraction of sp³-hybridized carbons (Fsp3) is 0.467. The number of hydrogen-bond acceptors (Lipinski definition) is 3. The van der Waals surface area contributed by atoms with Crippen molar-refractivity contribution in [3.63, 3.8) is 0 Å². The summed E-state index contributed by atoms with van der Waals surface area (Å²) in [7, 11) is 0. The number of rotatable bonds is 7. The molecule has 4 N–H and O–H groups in total. The standard InChI is InChI=1S/C15H21ClFN3O2/c1-9(2)14(18)15(22)20-8-13(21)19-6-5-10-3-4-11(17)7-12(10)16/h3-4,7,9,14H,5-6,8,18H2,1-2H3,(H,19,21)(H,20,22)/t14-/m0/s1. The van der Waals surface area contributed by atoms with E-state index in [1.54, 1.807) is 6.07 Å². The number of carbonyl (C=O) groups excluding carboxylic acids is 2. The number of nitrogens with one attached hydrogen (secondary N) is 2. The highest BCUT2D eigenvalue weighted by Crippen LogP contribution is 2.17. The van der Waals surface area contributed by atoms with Gasteiger partial charge in [-0.05, 0) is 30.0 Å². The van der Waals surface area contributed by atoms with Crippen LogP contribution in [0.25, 0.3) is 0 Å². The zero-order valence-electron chi connectivity index (χ0n) is 12.7. The van der Waals surface area contributed by atoms with E-state index in [9.17, 15) is 14.0 Å². The van der Waals surface area contributed by atoms with Crippen LogP contribution >= 0.6 is 11.6 Å². The van der Waals surface area contributed by atoms with Gasteiger partial charge in [-0.25, -0.2) is 4.39 Å². The summed E-state index contributed by atoms with van der Waals surface area (Å²) in [6.45, 7) is 3.88. The molecule has 0 saturated heterocycles. The van der Waals surface area contributed by atoms with Crippen LogP contribution in [-0.2, 0) is 16.0 Å². The molecule has 0 unspecified atom stereocenters. The van der Waals surface area contributed by atoms with Crippen molar-refractivity contribution in [2.24, 2.45) is 11.7 Å². The number of carbonyl (C=O) groups is 2. The summed E-state index contributed by atoms with van der Waals surface area (Å²) in [5.41, 5.74) is 6.41. The van der Waals surface area contributed by atoms with Gasteiger partial charge in [0, 0.05) is 11.6 Å². The maximum absolute atomic E-state index is 12.9. The van der Waals surface area contributed by atoms with Crippen molar-refractivity contribution in [1.82, 2.24) is 10.6 Å². The summed E-state index contributed by atoms with van der Waals surface area (Å²) in [4.78, 5) is 23.2. The maximum atomic E-state index is 12.9. The molecule has 1 rings (SSSR count). The second-order valence-corrected chi connectivity index (χ2v) is 5.73. The number of amides is 2. The summed E-state index contributed by atoms with van der Waals surface area (Å²) in [5, 5.41) is 5.45. The van der Waals surface area contributed by atoms with E-state index in [4.69, 9.17) is 17.3 Å². The average molecular weight is 330 g/mol. The maximum Gasteiger partial charge on any atom is 0.239 e. The normalized spacial score (nSPS) is 12.1. The van der Waals surface area contributed by atoms with Crippen molar-refractivity contribution in [2.75, 3.05) is 13.1 Å². The quantitative estimate of drug-likeness (QED) is 0.703. The zero-order valence-corrected chi connectivity index (χ0v) is 13.4. The number of benzene rings is 1. The van der Waals surface area contributed by atoms with Gasteiger partial charge >= 0.3 is 0 Å². The first-order valence-corrected chi connectivity index (χ1v) is 7.43. The van der Waals surface area contributed by atoms with Crippen LogP contribution in [0.5, 0.6) is 0 Å². The van der Waals surface area contributed by atoms with E-state index in [1.807, 2.05) is 13.8 Å². The Bertz CT molecular complexity index is 538. The zero-order chi connectivity index (χ0) is 16.7. The monoisotopic (exact) mass is 329 g/mol. The molecule has 0 saturated carbocycles. The minimum atomic E-state index is -0.633. The molecule has 0 radical (unpaired) electrons. The Hall–Kier alpha value is -1.66. The van der Waals surface area contributed by atoms with Gasteiger partial charge in [0.05, 0.1) is 12.6 Å². The minimum absolute atomic E-state index is 0.00341. The first-order chi connectivity index (χ1) is 10.3. The smallest absolute Gasteiger partial charge is 0.239 e. The number of halogens is 2. The average Bonchev–Trinajstić information content (AvgIpc) is 2.46. The molecule has 1 aromatic carbocycles. The molecule has 1 atom stereocenters. The first-order valence-electron chi connectivity index (χ1n) is 7.05. The van der Waals surface area contributed by atoms with Gasteiger partial charge < -0.3 is 16.4 Å². The van der Waals surface area contributed by atoms with Gasteiger partial charge in [-0.1, -0.05) is 31.5 Å². The van der Waals surface area contributed by atoms with Gasteiger partial charge in [0.2, 0.25) is 11.8 Å². The van der Waals surface area contributed by atoms with Gasteiger partial charge in [-0.15, -0.1) is 0 Å². The van der Waals surface area contributed by atoms with Crippen molar-refractivity contribution < 1.29 is 14.0 Å². The molecule has 0 aliphatic heterocycles. The lowest BCUT2D eigenvalue weighted by Crippen LogP contribution is -2.47. The van der Waals surface area contributed by atoms with E-state index in [-0.39, 0.29) is 24.3 Å². The minimum Gasteiger partial charge on any atom is -0.354 e. The highest BCUT2D eigenvalue weighted by molar-refractivity contribution is 6.31. The van der Waals surface area contributed by atoms with Crippen molar-refractivity contribution in [3.8, 4) is 0 Å². The molecule has 0 aliphatic rings. The van der Waals surface area contributed by atoms with Gasteiger partial charge in [0.1, 0.15) is 5.82 Å². The third-order valence-electron chi connectivity index (χ3n) is 3.18. The van der Waals surface area contributed by atoms with Crippen LogP contribution in [0.2, 0.25) is 5.02 Å². The fourth-order valence-electron chi connectivity index (χ4n) is 1.71. The Morgan fingerprint density at radius 3 is 2.59 bits per heavy atom. The third-order valence-corrected chi connectivity index (χ3v) is 3.53. The van der Waals surface area contributed by atoms with Crippen molar-refractivity contribution in [3.05, 3.63) is 34.6 Å². The molecule has 0 aliphatic carbocycles. The predicted molar refractivity (Wildman–Crippen MR) is 83.9 cm³/mol. The van der Waals surface area contributed by atoms with Crippen LogP contribution in [0.4, 0.5) is 4.39 Å². The second kappa shape index (κ2) is 8.70. The molecular formula is C15H21ClFN3O2. The Morgan fingerprint density at radius 2 is 2.00 bits per heavy atom. The van der Waals surface area contributed by atoms with Crippen LogP contribution in [0, 0.1) is 11.7 Å². The topological polar surface area (TPSA) is 84.2 Å². The summed E-state index contributed by atoms with van der Waals surface area (Å²) in [6.07, 6.45) is 0.476. The van der Waals surface area contributed by atoms with E-state index in [1.165, 1.54) is 12.1 Å². The fourth-order valence-corrected chi connectivity index (χ4v) is 1.97. The lowest BCUT2D eigenvalue weighted by Gasteiger charge is -2.15. The summed E-state index contributed by atoms with van der Waals surface area (Å²) >= 11 is 5.89. The molecule has 1 aromatic rings. The SMILES string of the molecule is CC(C)[C@H](N)C(=O)NCC(=O)NCCc1ccc(F)cc1Cl. The molecule has 0 bridgehead atoms. The van der Waals surface area contributed by atoms with E-state index >= 15 is 0 Å². The van der Waals surface area contributed by atoms with Crippen LogP contribution in [-0.4, -0.2) is 30.9 Å². The van der Waals surface area contributed by atoms with Crippen LogP contribution < -0.4 is 16.4 Å². The molecule has 0 fully saturated rings. The van der Waals surface area contributed by atoms with Crippen LogP contribution in [0.1, 0.15) is 19.4 Å². The molecule has 122 valence electrons. The van der Waals surface area contributed by atoms with E-state index in [2.05, 4.69) is 10.6 Å². The van der Waals surface area contributed by atoms with Crippen molar-refractivity contribution in [1.29, 1.82) is 0 Å². The molecule has 0 heterocycles. The van der Waals surface area contributed by atoms with Gasteiger partial charge in [0.15, 0.2) is 0 Å². The van der Waals surface area contributed by atoms with Crippen LogP contribution in [0.15, 0.2) is 18.2 Å². The van der Waals surface area contributed by atoms with Gasteiger partial charge in [-0.3, -0.25) is 9.59 Å². The second-order valence-electron chi connectivity index (χ2n) is 5.32. The largest absolute Gasteiger partial charge is 0.354 e. The molecule has 22 heavy (non-hydrogen) atoms. The van der Waals surface area contributed by atoms with Gasteiger partial charge in [-0.2, -0.15) is 0 Å². The third kappa shape index (κ3) is 5.99. The summed E-state index contributed by atoms with van der Waals surface area (Å²) < 4.78 is 12.9. The highest BCUT2D eigenvalue weighted by Gasteiger charge is 2.17. The van der Waals surface area contributed by atoms with Crippen molar-refractivity contribution >= 4 is 23.4 Å². The Morgan fingerprint density at radius 1 is 1.32 bits per heavy atom.